The molecule has 2 aliphatic heterocycles. The summed E-state index contributed by atoms with van der Waals surface area (Å²) >= 11 is 0. The second-order valence-corrected chi connectivity index (χ2v) is 11.9. The minimum atomic E-state index is -1.27. The Bertz CT molecular complexity index is 1180. The Labute approximate surface area is 225 Å². The molecule has 7 heteroatoms. The number of Topliss-reactive ketones (excluding diaryl/α,β-unsaturated/α-hetero) is 1. The summed E-state index contributed by atoms with van der Waals surface area (Å²) in [6.45, 7) is 11.0. The van der Waals surface area contributed by atoms with Crippen LogP contribution in [0.3, 0.4) is 0 Å². The third-order valence-electron chi connectivity index (χ3n) is 8.65. The van der Waals surface area contributed by atoms with Crippen molar-refractivity contribution in [3.63, 3.8) is 0 Å². The highest BCUT2D eigenvalue weighted by Gasteiger charge is 2.53. The third kappa shape index (κ3) is 6.00. The number of ether oxygens (including phenoxy) is 2. The van der Waals surface area contributed by atoms with Crippen LogP contribution in [0.2, 0.25) is 0 Å². The Hall–Kier alpha value is -2.61. The molecule has 0 spiro atoms. The maximum atomic E-state index is 13.6. The van der Waals surface area contributed by atoms with Crippen LogP contribution in [0, 0.1) is 17.3 Å². The van der Waals surface area contributed by atoms with E-state index in [4.69, 9.17) is 9.47 Å². The van der Waals surface area contributed by atoms with Crippen molar-refractivity contribution < 1.29 is 29.3 Å². The largest absolute Gasteiger partial charge is 0.457 e. The number of esters is 1. The highest BCUT2D eigenvalue weighted by molar-refractivity contribution is 5.88. The molecule has 0 radical (unpaired) electrons. The van der Waals surface area contributed by atoms with E-state index in [1.165, 1.54) is 0 Å². The number of allylic oxidation sites excluding steroid dienone is 1. The van der Waals surface area contributed by atoms with Crippen LogP contribution in [0.4, 0.5) is 0 Å². The number of aliphatic hydroxyl groups excluding tert-OH is 2. The number of ketones is 1. The minimum absolute atomic E-state index is 0.0793. The van der Waals surface area contributed by atoms with Crippen LogP contribution in [-0.4, -0.2) is 50.9 Å². The van der Waals surface area contributed by atoms with Gasteiger partial charge in [0.15, 0.2) is 0 Å². The Morgan fingerprint density at radius 1 is 1.18 bits per heavy atom. The molecule has 2 saturated heterocycles. The minimum Gasteiger partial charge on any atom is -0.457 e. The van der Waals surface area contributed by atoms with Crippen LogP contribution in [0.5, 0.6) is 0 Å². The van der Waals surface area contributed by atoms with Gasteiger partial charge in [-0.2, -0.15) is 0 Å². The lowest BCUT2D eigenvalue weighted by Gasteiger charge is -2.35. The summed E-state index contributed by atoms with van der Waals surface area (Å²) < 4.78 is 12.1. The van der Waals surface area contributed by atoms with Gasteiger partial charge >= 0.3 is 5.97 Å². The Morgan fingerprint density at radius 2 is 1.95 bits per heavy atom. The molecule has 2 aromatic rings. The molecular formula is C31H41NO6. The summed E-state index contributed by atoms with van der Waals surface area (Å²) in [6, 6.07) is 9.68. The van der Waals surface area contributed by atoms with Crippen LogP contribution in [0.15, 0.2) is 49.2 Å². The van der Waals surface area contributed by atoms with Crippen LogP contribution < -0.4 is 0 Å². The van der Waals surface area contributed by atoms with Crippen LogP contribution in [0.1, 0.15) is 77.9 Å². The lowest BCUT2D eigenvalue weighted by molar-refractivity contribution is -0.156. The first-order valence-electron chi connectivity index (χ1n) is 13.7. The maximum Gasteiger partial charge on any atom is 0.309 e. The number of nitrogens with zero attached hydrogens (tertiary/aromatic N) is 1. The number of carbonyl (C=O) groups excluding carboxylic acids is 2. The molecule has 2 aliphatic rings. The average molecular weight is 524 g/mol. The number of cyclic esters (lactones) is 1. The first-order chi connectivity index (χ1) is 18.0. The van der Waals surface area contributed by atoms with E-state index in [0.29, 0.717) is 12.8 Å². The third-order valence-corrected chi connectivity index (χ3v) is 8.65. The SMILES string of the molecule is C=CC[C@H]1C(=O)C(C)(C)[C@@H](O)CC(=O)O[C@H](c2ccc3cccnc3c2)C[C@@H]2O[C@]2(C)CCC[C@H](C)[C@@H]1O. The van der Waals surface area contributed by atoms with Gasteiger partial charge < -0.3 is 19.7 Å². The first kappa shape index (κ1) is 28.4. The number of aliphatic hydroxyl groups is 2. The zero-order chi connectivity index (χ0) is 27.7. The fourth-order valence-electron chi connectivity index (χ4n) is 5.72. The number of hydrogen-bond acceptors (Lipinski definition) is 7. The van der Waals surface area contributed by atoms with Crippen molar-refractivity contribution in [3.8, 4) is 0 Å². The molecule has 2 fully saturated rings. The second kappa shape index (κ2) is 11.2. The topological polar surface area (TPSA) is 109 Å². The fourth-order valence-corrected chi connectivity index (χ4v) is 5.72. The zero-order valence-corrected chi connectivity index (χ0v) is 22.9. The number of rotatable bonds is 3. The molecule has 2 N–H and O–H groups in total. The molecule has 38 heavy (non-hydrogen) atoms. The number of epoxide rings is 1. The van der Waals surface area contributed by atoms with Gasteiger partial charge in [-0.05, 0) is 49.8 Å². The second-order valence-electron chi connectivity index (χ2n) is 11.9. The zero-order valence-electron chi connectivity index (χ0n) is 22.9. The van der Waals surface area contributed by atoms with Crippen molar-refractivity contribution in [2.24, 2.45) is 17.3 Å². The van der Waals surface area contributed by atoms with Crippen molar-refractivity contribution >= 4 is 22.7 Å². The molecule has 0 bridgehead atoms. The van der Waals surface area contributed by atoms with Crippen LogP contribution in [-0.2, 0) is 19.1 Å². The van der Waals surface area contributed by atoms with Crippen molar-refractivity contribution in [1.82, 2.24) is 4.98 Å². The molecule has 0 unspecified atom stereocenters. The summed E-state index contributed by atoms with van der Waals surface area (Å²) in [4.78, 5) is 31.2. The standard InChI is InChI=1S/C31H41NO6/c1-6-9-22-28(35)19(2)10-7-14-31(5)26(38-31)17-24(21-13-12-20-11-8-15-32-23(20)16-21)37-27(34)18-25(33)30(3,4)29(22)36/h6,8,11-13,15-16,19,22,24-26,28,33,35H,1,7,9-10,14,17-18H2,2-5H3/t19-,22+,24-,25-,26-,28-,31+/m0/s1. The average Bonchev–Trinajstić information content (AvgIpc) is 3.53. The lowest BCUT2D eigenvalue weighted by Crippen LogP contribution is -2.46. The van der Waals surface area contributed by atoms with E-state index >= 15 is 0 Å². The van der Waals surface area contributed by atoms with E-state index in [0.717, 1.165) is 35.7 Å². The van der Waals surface area contributed by atoms with Gasteiger partial charge in [-0.15, -0.1) is 6.58 Å². The summed E-state index contributed by atoms with van der Waals surface area (Å²) in [5.74, 6) is -1.70. The summed E-state index contributed by atoms with van der Waals surface area (Å²) in [5.41, 5.74) is 0.0287. The smallest absolute Gasteiger partial charge is 0.309 e. The van der Waals surface area contributed by atoms with E-state index in [1.54, 1.807) is 26.1 Å². The molecule has 1 aromatic heterocycles. The van der Waals surface area contributed by atoms with Gasteiger partial charge in [0, 0.05) is 23.9 Å². The molecule has 206 valence electrons. The van der Waals surface area contributed by atoms with Gasteiger partial charge in [0.1, 0.15) is 11.9 Å². The number of carbonyl (C=O) groups is 2. The summed E-state index contributed by atoms with van der Waals surface area (Å²) in [5, 5.41) is 23.2. The summed E-state index contributed by atoms with van der Waals surface area (Å²) in [6.07, 6.45) is 3.37. The number of hydrogen-bond donors (Lipinski definition) is 2. The molecular weight excluding hydrogens is 482 g/mol. The molecule has 0 aliphatic carbocycles. The van der Waals surface area contributed by atoms with Gasteiger partial charge in [0.25, 0.3) is 0 Å². The lowest BCUT2D eigenvalue weighted by atomic mass is 9.71. The molecule has 3 heterocycles. The number of aromatic nitrogens is 1. The van der Waals surface area contributed by atoms with Crippen molar-refractivity contribution in [2.45, 2.75) is 96.2 Å². The number of benzene rings is 1. The monoisotopic (exact) mass is 523 g/mol. The quantitative estimate of drug-likeness (QED) is 0.328. The normalized spacial score (nSPS) is 34.8. The molecule has 7 nitrogen and oxygen atoms in total. The molecule has 0 amide bonds. The predicted molar refractivity (Wildman–Crippen MR) is 145 cm³/mol. The molecule has 1 aromatic carbocycles. The molecule has 7 atom stereocenters. The molecule has 4 rings (SSSR count). The highest BCUT2D eigenvalue weighted by Crippen LogP contribution is 2.46. The van der Waals surface area contributed by atoms with E-state index in [2.05, 4.69) is 18.5 Å². The van der Waals surface area contributed by atoms with Crippen molar-refractivity contribution in [1.29, 1.82) is 0 Å². The van der Waals surface area contributed by atoms with Crippen molar-refractivity contribution in [3.05, 3.63) is 54.7 Å². The van der Waals surface area contributed by atoms with Gasteiger partial charge in [0.05, 0.1) is 41.3 Å². The van der Waals surface area contributed by atoms with E-state index in [-0.39, 0.29) is 29.8 Å². The van der Waals surface area contributed by atoms with Crippen LogP contribution >= 0.6 is 0 Å². The van der Waals surface area contributed by atoms with Gasteiger partial charge in [-0.3, -0.25) is 14.6 Å². The van der Waals surface area contributed by atoms with E-state index in [1.807, 2.05) is 37.3 Å². The van der Waals surface area contributed by atoms with Gasteiger partial charge in [-0.25, -0.2) is 0 Å². The Kier molecular flexibility index (Phi) is 8.40. The number of pyridine rings is 1. The fraction of sp³-hybridized carbons (Fsp3) is 0.581. The number of fused-ring (bicyclic) bond motifs is 2. The van der Waals surface area contributed by atoms with Crippen LogP contribution in [0.25, 0.3) is 10.9 Å². The Balaban J connectivity index is 1.63. The predicted octanol–water partition coefficient (Wildman–Crippen LogP) is 5.09. The van der Waals surface area contributed by atoms with Gasteiger partial charge in [0.2, 0.25) is 0 Å². The molecule has 0 saturated carbocycles. The van der Waals surface area contributed by atoms with Crippen molar-refractivity contribution in [2.75, 3.05) is 0 Å². The van der Waals surface area contributed by atoms with Gasteiger partial charge in [-0.1, -0.05) is 51.5 Å². The maximum absolute atomic E-state index is 13.6. The Morgan fingerprint density at radius 3 is 2.68 bits per heavy atom. The first-order valence-corrected chi connectivity index (χ1v) is 13.7. The highest BCUT2D eigenvalue weighted by atomic mass is 16.6. The summed E-state index contributed by atoms with van der Waals surface area (Å²) in [7, 11) is 0. The van der Waals surface area contributed by atoms with E-state index < -0.39 is 35.6 Å². The van der Waals surface area contributed by atoms with E-state index in [9.17, 15) is 19.8 Å².